The molecule has 1 atom stereocenters. The minimum Gasteiger partial charge on any atom is -0.497 e. The third-order valence-electron chi connectivity index (χ3n) is 3.21. The number of unbranched alkanes of at least 4 members (excludes halogenated alkanes) is 3. The van der Waals surface area contributed by atoms with Crippen LogP contribution in [-0.4, -0.2) is 24.9 Å². The van der Waals surface area contributed by atoms with Gasteiger partial charge in [-0.05, 0) is 37.6 Å². The number of rotatable bonds is 10. The molecule has 21 heavy (non-hydrogen) atoms. The zero-order valence-electron chi connectivity index (χ0n) is 13.3. The maximum atomic E-state index is 12.1. The van der Waals surface area contributed by atoms with Crippen LogP contribution >= 0.6 is 11.8 Å². The number of benzene rings is 1. The SMILES string of the molecule is CCCCCCC(Sc1ccc(OC)cc1)C(=O)OCC. The Bertz CT molecular complexity index is 403. The lowest BCUT2D eigenvalue weighted by atomic mass is 10.1. The fraction of sp³-hybridized carbons (Fsp3) is 0.588. The van der Waals surface area contributed by atoms with Gasteiger partial charge in [0.25, 0.3) is 0 Å². The molecule has 3 nitrogen and oxygen atoms in total. The molecule has 0 spiro atoms. The van der Waals surface area contributed by atoms with Crippen molar-refractivity contribution in [2.75, 3.05) is 13.7 Å². The van der Waals surface area contributed by atoms with Crippen molar-refractivity contribution in [3.63, 3.8) is 0 Å². The van der Waals surface area contributed by atoms with E-state index in [1.54, 1.807) is 18.9 Å². The number of carbonyl (C=O) groups excluding carboxylic acids is 1. The van der Waals surface area contributed by atoms with E-state index in [1.165, 1.54) is 19.3 Å². The Labute approximate surface area is 132 Å². The molecule has 1 aromatic rings. The fourth-order valence-corrected chi connectivity index (χ4v) is 3.11. The summed E-state index contributed by atoms with van der Waals surface area (Å²) in [5, 5.41) is -0.116. The van der Waals surface area contributed by atoms with Crippen molar-refractivity contribution in [1.29, 1.82) is 0 Å². The van der Waals surface area contributed by atoms with Gasteiger partial charge in [-0.25, -0.2) is 0 Å². The molecule has 0 bridgehead atoms. The van der Waals surface area contributed by atoms with Crippen molar-refractivity contribution in [3.8, 4) is 5.75 Å². The monoisotopic (exact) mass is 310 g/mol. The summed E-state index contributed by atoms with van der Waals surface area (Å²) in [6, 6.07) is 7.81. The van der Waals surface area contributed by atoms with Crippen LogP contribution in [-0.2, 0) is 9.53 Å². The molecule has 1 aromatic carbocycles. The van der Waals surface area contributed by atoms with Gasteiger partial charge in [-0.15, -0.1) is 11.8 Å². The Hall–Kier alpha value is -1.16. The Balaban J connectivity index is 2.59. The molecule has 0 aliphatic carbocycles. The van der Waals surface area contributed by atoms with E-state index in [2.05, 4.69) is 6.92 Å². The van der Waals surface area contributed by atoms with Crippen molar-refractivity contribution in [1.82, 2.24) is 0 Å². The van der Waals surface area contributed by atoms with Crippen molar-refractivity contribution in [2.24, 2.45) is 0 Å². The molecule has 118 valence electrons. The smallest absolute Gasteiger partial charge is 0.319 e. The van der Waals surface area contributed by atoms with Crippen LogP contribution in [0.4, 0.5) is 0 Å². The highest BCUT2D eigenvalue weighted by Gasteiger charge is 2.20. The topological polar surface area (TPSA) is 35.5 Å². The molecule has 4 heteroatoms. The first-order valence-electron chi connectivity index (χ1n) is 7.68. The number of esters is 1. The average Bonchev–Trinajstić information content (AvgIpc) is 2.51. The minimum atomic E-state index is -0.116. The summed E-state index contributed by atoms with van der Waals surface area (Å²) >= 11 is 1.58. The second kappa shape index (κ2) is 10.6. The fourth-order valence-electron chi connectivity index (χ4n) is 2.04. The second-order valence-electron chi connectivity index (χ2n) is 4.88. The molecule has 0 aliphatic heterocycles. The highest BCUT2D eigenvalue weighted by atomic mass is 32.2. The van der Waals surface area contributed by atoms with Crippen molar-refractivity contribution in [2.45, 2.75) is 56.1 Å². The van der Waals surface area contributed by atoms with Crippen LogP contribution in [0.15, 0.2) is 29.2 Å². The minimum absolute atomic E-state index is 0.102. The van der Waals surface area contributed by atoms with Crippen LogP contribution in [0.1, 0.15) is 46.0 Å². The largest absolute Gasteiger partial charge is 0.497 e. The van der Waals surface area contributed by atoms with Crippen molar-refractivity contribution < 1.29 is 14.3 Å². The Morgan fingerprint density at radius 2 is 1.86 bits per heavy atom. The standard InChI is InChI=1S/C17H26O3S/c1-4-6-7-8-9-16(17(18)20-5-2)21-15-12-10-14(19-3)11-13-15/h10-13,16H,4-9H2,1-3H3. The molecule has 1 rings (SSSR count). The van der Waals surface area contributed by atoms with Crippen LogP contribution in [0.2, 0.25) is 0 Å². The normalized spacial score (nSPS) is 12.0. The van der Waals surface area contributed by atoms with Gasteiger partial charge in [0.2, 0.25) is 0 Å². The summed E-state index contributed by atoms with van der Waals surface area (Å²) in [5.74, 6) is 0.727. The van der Waals surface area contributed by atoms with Gasteiger partial charge >= 0.3 is 5.97 Å². The number of hydrogen-bond donors (Lipinski definition) is 0. The first-order valence-corrected chi connectivity index (χ1v) is 8.56. The van der Waals surface area contributed by atoms with Gasteiger partial charge in [-0.1, -0.05) is 32.6 Å². The van der Waals surface area contributed by atoms with E-state index in [0.717, 1.165) is 23.5 Å². The van der Waals surface area contributed by atoms with E-state index >= 15 is 0 Å². The first kappa shape index (κ1) is 17.9. The summed E-state index contributed by atoms with van der Waals surface area (Å²) < 4.78 is 10.3. The summed E-state index contributed by atoms with van der Waals surface area (Å²) in [7, 11) is 1.65. The van der Waals surface area contributed by atoms with Gasteiger partial charge in [0, 0.05) is 4.90 Å². The zero-order chi connectivity index (χ0) is 15.5. The summed E-state index contributed by atoms with van der Waals surface area (Å²) in [6.07, 6.45) is 5.55. The molecule has 0 aliphatic rings. The predicted octanol–water partition coefficient (Wildman–Crippen LogP) is 4.69. The lowest BCUT2D eigenvalue weighted by Gasteiger charge is -2.15. The van der Waals surface area contributed by atoms with E-state index in [4.69, 9.17) is 9.47 Å². The van der Waals surface area contributed by atoms with E-state index in [0.29, 0.717) is 6.61 Å². The number of hydrogen-bond acceptors (Lipinski definition) is 4. The molecule has 0 amide bonds. The van der Waals surface area contributed by atoms with Gasteiger partial charge in [0.15, 0.2) is 0 Å². The van der Waals surface area contributed by atoms with E-state index in [-0.39, 0.29) is 11.2 Å². The number of carbonyl (C=O) groups is 1. The second-order valence-corrected chi connectivity index (χ2v) is 6.16. The van der Waals surface area contributed by atoms with Crippen LogP contribution in [0.3, 0.4) is 0 Å². The Morgan fingerprint density at radius 1 is 1.14 bits per heavy atom. The van der Waals surface area contributed by atoms with Gasteiger partial charge in [0.05, 0.1) is 13.7 Å². The maximum Gasteiger partial charge on any atom is 0.319 e. The number of ether oxygens (including phenoxy) is 2. The van der Waals surface area contributed by atoms with Crippen LogP contribution in [0, 0.1) is 0 Å². The summed E-state index contributed by atoms with van der Waals surface area (Å²) in [5.41, 5.74) is 0. The predicted molar refractivity (Wildman–Crippen MR) is 88.0 cm³/mol. The molecule has 0 aromatic heterocycles. The quantitative estimate of drug-likeness (QED) is 0.357. The maximum absolute atomic E-state index is 12.1. The number of thioether (sulfide) groups is 1. The molecule has 1 unspecified atom stereocenters. The molecule has 0 heterocycles. The Kier molecular flexibility index (Phi) is 8.99. The summed E-state index contributed by atoms with van der Waals surface area (Å²) in [4.78, 5) is 13.1. The molecular weight excluding hydrogens is 284 g/mol. The van der Waals surface area contributed by atoms with E-state index in [1.807, 2.05) is 31.2 Å². The van der Waals surface area contributed by atoms with Gasteiger partial charge in [-0.2, -0.15) is 0 Å². The Morgan fingerprint density at radius 3 is 2.43 bits per heavy atom. The van der Waals surface area contributed by atoms with Crippen LogP contribution < -0.4 is 4.74 Å². The molecule has 0 fully saturated rings. The number of methoxy groups -OCH3 is 1. The third-order valence-corrected chi connectivity index (χ3v) is 4.46. The molecule has 0 radical (unpaired) electrons. The molecule has 0 saturated carbocycles. The molecule has 0 N–H and O–H groups in total. The first-order chi connectivity index (χ1) is 10.2. The third kappa shape index (κ3) is 6.89. The van der Waals surface area contributed by atoms with Crippen LogP contribution in [0.5, 0.6) is 5.75 Å². The van der Waals surface area contributed by atoms with E-state index < -0.39 is 0 Å². The average molecular weight is 310 g/mol. The lowest BCUT2D eigenvalue weighted by Crippen LogP contribution is -2.20. The van der Waals surface area contributed by atoms with Crippen molar-refractivity contribution >= 4 is 17.7 Å². The van der Waals surface area contributed by atoms with Gasteiger partial charge in [-0.3, -0.25) is 4.79 Å². The van der Waals surface area contributed by atoms with Gasteiger partial charge in [0.1, 0.15) is 11.0 Å². The highest BCUT2D eigenvalue weighted by Crippen LogP contribution is 2.29. The summed E-state index contributed by atoms with van der Waals surface area (Å²) in [6.45, 7) is 4.48. The van der Waals surface area contributed by atoms with Crippen molar-refractivity contribution in [3.05, 3.63) is 24.3 Å². The zero-order valence-corrected chi connectivity index (χ0v) is 14.1. The molecular formula is C17H26O3S. The molecule has 0 saturated heterocycles. The van der Waals surface area contributed by atoms with E-state index in [9.17, 15) is 4.79 Å². The van der Waals surface area contributed by atoms with Gasteiger partial charge < -0.3 is 9.47 Å². The lowest BCUT2D eigenvalue weighted by molar-refractivity contribution is -0.142. The highest BCUT2D eigenvalue weighted by molar-refractivity contribution is 8.00. The van der Waals surface area contributed by atoms with Crippen LogP contribution in [0.25, 0.3) is 0 Å².